The van der Waals surface area contributed by atoms with Crippen LogP contribution in [0.4, 0.5) is 5.69 Å². The Morgan fingerprint density at radius 1 is 0.889 bits per heavy atom. The molecule has 3 aliphatic rings. The van der Waals surface area contributed by atoms with Crippen LogP contribution in [-0.2, 0) is 0 Å². The monoisotopic (exact) mass is 625 g/mol. The highest BCUT2D eigenvalue weighted by molar-refractivity contribution is 7.21. The molecule has 3 aromatic carbocycles. The number of thiazole rings is 1. The highest BCUT2D eigenvalue weighted by atomic mass is 32.1. The number of para-hydroxylation sites is 1. The first kappa shape index (κ1) is 29.7. The molecule has 0 radical (unpaired) electrons. The lowest BCUT2D eigenvalue weighted by Crippen LogP contribution is -2.47. The van der Waals surface area contributed by atoms with E-state index in [0.717, 1.165) is 86.9 Å². The molecule has 7 rings (SSSR count). The van der Waals surface area contributed by atoms with Gasteiger partial charge in [-0.25, -0.2) is 4.98 Å². The van der Waals surface area contributed by atoms with Crippen molar-refractivity contribution in [1.29, 1.82) is 0 Å². The van der Waals surface area contributed by atoms with E-state index >= 15 is 0 Å². The predicted octanol–water partition coefficient (Wildman–Crippen LogP) is 5.76. The maximum Gasteiger partial charge on any atom is 0.256 e. The van der Waals surface area contributed by atoms with E-state index in [2.05, 4.69) is 45.1 Å². The Morgan fingerprint density at radius 3 is 2.58 bits per heavy atom. The molecular weight excluding hydrogens is 586 g/mol. The van der Waals surface area contributed by atoms with E-state index in [1.54, 1.807) is 24.5 Å². The van der Waals surface area contributed by atoms with Gasteiger partial charge in [-0.15, -0.1) is 11.3 Å². The van der Waals surface area contributed by atoms with E-state index in [1.165, 1.54) is 4.70 Å². The number of carbonyl (C=O) groups is 1. The van der Waals surface area contributed by atoms with Gasteiger partial charge in [-0.3, -0.25) is 14.7 Å². The van der Waals surface area contributed by atoms with E-state index in [4.69, 9.17) is 19.2 Å². The number of methoxy groups -OCH3 is 1. The highest BCUT2D eigenvalue weighted by Crippen LogP contribution is 2.38. The minimum absolute atomic E-state index is 0.0235. The molecular formula is C35H39N5O4S. The van der Waals surface area contributed by atoms with Crippen molar-refractivity contribution in [3.05, 3.63) is 66.2 Å². The predicted molar refractivity (Wildman–Crippen MR) is 179 cm³/mol. The van der Waals surface area contributed by atoms with Gasteiger partial charge in [0.15, 0.2) is 11.5 Å². The molecule has 2 fully saturated rings. The SMILES string of the molecule is COc1cc2c(cc1OCCCN1CCN(CCOc3cccc(-c4nc5ccccc5s4)c3)CC1)N=C[C@@H]1CCCN1C2=O. The third-order valence-corrected chi connectivity index (χ3v) is 9.94. The van der Waals surface area contributed by atoms with Crippen molar-refractivity contribution in [2.45, 2.75) is 25.3 Å². The summed E-state index contributed by atoms with van der Waals surface area (Å²) in [5.41, 5.74) is 3.37. The molecule has 0 aliphatic carbocycles. The first-order chi connectivity index (χ1) is 22.1. The molecule has 3 aliphatic heterocycles. The summed E-state index contributed by atoms with van der Waals surface area (Å²) in [5.74, 6) is 2.12. The number of nitrogens with zero attached hydrogens (tertiary/aromatic N) is 5. The van der Waals surface area contributed by atoms with Crippen LogP contribution in [0.25, 0.3) is 20.8 Å². The van der Waals surface area contributed by atoms with Gasteiger partial charge in [0.1, 0.15) is 17.4 Å². The van der Waals surface area contributed by atoms with E-state index in [0.29, 0.717) is 36.0 Å². The van der Waals surface area contributed by atoms with Gasteiger partial charge in [0, 0.05) is 63.7 Å². The second-order valence-electron chi connectivity index (χ2n) is 11.8. The number of aliphatic imine (C=N–C) groups is 1. The first-order valence-corrected chi connectivity index (χ1v) is 16.7. The smallest absolute Gasteiger partial charge is 0.256 e. The lowest BCUT2D eigenvalue weighted by atomic mass is 10.1. The van der Waals surface area contributed by atoms with Crippen LogP contribution in [0.15, 0.2) is 65.7 Å². The molecule has 0 spiro atoms. The van der Waals surface area contributed by atoms with Gasteiger partial charge < -0.3 is 24.0 Å². The molecule has 0 unspecified atom stereocenters. The summed E-state index contributed by atoms with van der Waals surface area (Å²) in [5, 5.41) is 1.02. The molecule has 0 saturated carbocycles. The normalized spacial score (nSPS) is 18.6. The van der Waals surface area contributed by atoms with Crippen molar-refractivity contribution in [2.75, 3.05) is 66.1 Å². The molecule has 1 aromatic heterocycles. The minimum atomic E-state index is 0.0235. The topological polar surface area (TPSA) is 79.7 Å². The van der Waals surface area contributed by atoms with Crippen LogP contribution in [0.5, 0.6) is 17.2 Å². The Hall–Kier alpha value is -3.99. The van der Waals surface area contributed by atoms with Crippen molar-refractivity contribution in [2.24, 2.45) is 4.99 Å². The second-order valence-corrected chi connectivity index (χ2v) is 12.8. The number of piperazine rings is 1. The fourth-order valence-electron chi connectivity index (χ4n) is 6.33. The molecule has 45 heavy (non-hydrogen) atoms. The number of aromatic nitrogens is 1. The minimum Gasteiger partial charge on any atom is -0.493 e. The van der Waals surface area contributed by atoms with Crippen LogP contribution in [0.2, 0.25) is 0 Å². The zero-order valence-corrected chi connectivity index (χ0v) is 26.5. The Morgan fingerprint density at radius 2 is 1.73 bits per heavy atom. The fraction of sp³-hybridized carbons (Fsp3) is 0.400. The highest BCUT2D eigenvalue weighted by Gasteiger charge is 2.32. The summed E-state index contributed by atoms with van der Waals surface area (Å²) in [6.07, 6.45) is 4.79. The van der Waals surface area contributed by atoms with Gasteiger partial charge in [-0.1, -0.05) is 24.3 Å². The van der Waals surface area contributed by atoms with E-state index in [9.17, 15) is 4.79 Å². The van der Waals surface area contributed by atoms with E-state index in [1.807, 2.05) is 35.4 Å². The van der Waals surface area contributed by atoms with Crippen LogP contribution in [0.3, 0.4) is 0 Å². The quantitative estimate of drug-likeness (QED) is 0.196. The zero-order valence-electron chi connectivity index (χ0n) is 25.7. The number of fused-ring (bicyclic) bond motifs is 3. The standard InChI is InChI=1S/C35H39N5O4S/c1-42-31-22-28-30(36-24-26-8-5-13-40(26)35(28)41)23-32(31)44-19-6-12-38-14-16-39(17-15-38)18-20-43-27-9-4-7-25(21-27)34-37-29-10-2-3-11-33(29)45-34/h2-4,7,9-11,21-24,26H,5-6,8,12-20H2,1H3/t26-/m0/s1. The van der Waals surface area contributed by atoms with Gasteiger partial charge in [-0.2, -0.15) is 0 Å². The average molecular weight is 626 g/mol. The molecule has 9 nitrogen and oxygen atoms in total. The van der Waals surface area contributed by atoms with Crippen LogP contribution < -0.4 is 14.2 Å². The zero-order chi connectivity index (χ0) is 30.6. The number of carbonyl (C=O) groups excluding carboxylic acids is 1. The largest absolute Gasteiger partial charge is 0.493 e. The van der Waals surface area contributed by atoms with Gasteiger partial charge in [-0.05, 0) is 49.6 Å². The van der Waals surface area contributed by atoms with Gasteiger partial charge >= 0.3 is 0 Å². The van der Waals surface area contributed by atoms with E-state index in [-0.39, 0.29) is 11.9 Å². The summed E-state index contributed by atoms with van der Waals surface area (Å²) < 4.78 is 19.1. The lowest BCUT2D eigenvalue weighted by Gasteiger charge is -2.34. The number of benzene rings is 3. The number of hydrogen-bond donors (Lipinski definition) is 0. The summed E-state index contributed by atoms with van der Waals surface area (Å²) in [7, 11) is 1.61. The van der Waals surface area contributed by atoms with Gasteiger partial charge in [0.05, 0.1) is 41.2 Å². The third-order valence-electron chi connectivity index (χ3n) is 8.85. The summed E-state index contributed by atoms with van der Waals surface area (Å²) >= 11 is 1.71. The summed E-state index contributed by atoms with van der Waals surface area (Å²) in [6, 6.07) is 20.2. The van der Waals surface area contributed by atoms with Crippen molar-refractivity contribution >= 4 is 39.4 Å². The van der Waals surface area contributed by atoms with Gasteiger partial charge in [0.25, 0.3) is 5.91 Å². The summed E-state index contributed by atoms with van der Waals surface area (Å²) in [4.78, 5) is 29.4. The molecule has 4 aromatic rings. The van der Waals surface area contributed by atoms with E-state index < -0.39 is 0 Å². The molecule has 10 heteroatoms. The number of hydrogen-bond acceptors (Lipinski definition) is 9. The Balaban J connectivity index is 0.838. The van der Waals surface area contributed by atoms with Crippen molar-refractivity contribution in [3.63, 3.8) is 0 Å². The maximum absolute atomic E-state index is 13.1. The molecule has 1 amide bonds. The van der Waals surface area contributed by atoms with Crippen LogP contribution in [-0.4, -0.2) is 104 Å². The molecule has 0 bridgehead atoms. The molecule has 1 atom stereocenters. The molecule has 0 N–H and O–H groups in total. The molecule has 234 valence electrons. The lowest BCUT2D eigenvalue weighted by molar-refractivity contribution is 0.0774. The second kappa shape index (κ2) is 13.6. The van der Waals surface area contributed by atoms with Crippen molar-refractivity contribution in [1.82, 2.24) is 19.7 Å². The fourth-order valence-corrected chi connectivity index (χ4v) is 7.30. The van der Waals surface area contributed by atoms with Crippen molar-refractivity contribution in [3.8, 4) is 27.8 Å². The van der Waals surface area contributed by atoms with Crippen LogP contribution in [0, 0.1) is 0 Å². The number of rotatable bonds is 11. The maximum atomic E-state index is 13.1. The Labute approximate surface area is 268 Å². The molecule has 4 heterocycles. The number of ether oxygens (including phenoxy) is 3. The van der Waals surface area contributed by atoms with Crippen LogP contribution in [0.1, 0.15) is 29.6 Å². The Kier molecular flexibility index (Phi) is 8.95. The van der Waals surface area contributed by atoms with Gasteiger partial charge in [0.2, 0.25) is 0 Å². The number of amides is 1. The van der Waals surface area contributed by atoms with Crippen LogP contribution >= 0.6 is 11.3 Å². The third kappa shape index (κ3) is 6.68. The molecule has 2 saturated heterocycles. The van der Waals surface area contributed by atoms with Crippen molar-refractivity contribution < 1.29 is 19.0 Å². The average Bonchev–Trinajstić information content (AvgIpc) is 3.71. The Bertz CT molecular complexity index is 1650. The summed E-state index contributed by atoms with van der Waals surface area (Å²) in [6.45, 7) is 8.01. The first-order valence-electron chi connectivity index (χ1n) is 15.9.